The van der Waals surface area contributed by atoms with Crippen LogP contribution in [0.15, 0.2) is 71.7 Å². The zero-order valence-corrected chi connectivity index (χ0v) is 18.8. The summed E-state index contributed by atoms with van der Waals surface area (Å²) in [5, 5.41) is 7.73. The molecule has 2 aromatic carbocycles. The van der Waals surface area contributed by atoms with Crippen molar-refractivity contribution in [2.75, 3.05) is 0 Å². The number of aromatic amines is 1. The molecule has 1 aliphatic carbocycles. The van der Waals surface area contributed by atoms with Crippen molar-refractivity contribution in [3.63, 3.8) is 0 Å². The van der Waals surface area contributed by atoms with E-state index in [9.17, 15) is 9.59 Å². The van der Waals surface area contributed by atoms with E-state index >= 15 is 0 Å². The zero-order chi connectivity index (χ0) is 22.9. The van der Waals surface area contributed by atoms with Gasteiger partial charge in [0.1, 0.15) is 5.56 Å². The smallest absolute Gasteiger partial charge is 0.261 e. The maximum absolute atomic E-state index is 13.0. The van der Waals surface area contributed by atoms with Crippen LogP contribution in [0.4, 0.5) is 0 Å². The minimum absolute atomic E-state index is 0.115. The van der Waals surface area contributed by atoms with Crippen molar-refractivity contribution in [3.8, 4) is 16.9 Å². The summed E-state index contributed by atoms with van der Waals surface area (Å²) in [4.78, 5) is 28.5. The van der Waals surface area contributed by atoms with Crippen molar-refractivity contribution in [1.29, 1.82) is 0 Å². The molecule has 33 heavy (non-hydrogen) atoms. The van der Waals surface area contributed by atoms with E-state index in [4.69, 9.17) is 0 Å². The minimum atomic E-state index is -0.393. The number of H-pyrrole nitrogens is 1. The Labute approximate surface area is 192 Å². The zero-order valence-electron chi connectivity index (χ0n) is 18.8. The largest absolute Gasteiger partial charge is 0.345 e. The second-order valence-corrected chi connectivity index (χ2v) is 8.58. The summed E-state index contributed by atoms with van der Waals surface area (Å²) in [6.07, 6.45) is 4.51. The van der Waals surface area contributed by atoms with Crippen LogP contribution in [0.1, 0.15) is 51.6 Å². The van der Waals surface area contributed by atoms with Crippen LogP contribution in [0.5, 0.6) is 0 Å². The highest BCUT2D eigenvalue weighted by Crippen LogP contribution is 2.32. The van der Waals surface area contributed by atoms with E-state index in [0.717, 1.165) is 41.8 Å². The first-order valence-electron chi connectivity index (χ1n) is 11.3. The van der Waals surface area contributed by atoms with Crippen LogP contribution in [0, 0.1) is 13.8 Å². The predicted octanol–water partition coefficient (Wildman–Crippen LogP) is 4.65. The highest BCUT2D eigenvalue weighted by Gasteiger charge is 2.27. The normalized spacial score (nSPS) is 15.2. The summed E-state index contributed by atoms with van der Waals surface area (Å²) in [6.45, 7) is 4.20. The second-order valence-electron chi connectivity index (χ2n) is 8.58. The number of pyridine rings is 1. The second kappa shape index (κ2) is 8.54. The Bertz CT molecular complexity index is 1390. The Kier molecular flexibility index (Phi) is 5.42. The molecule has 1 atom stereocenters. The van der Waals surface area contributed by atoms with Crippen LogP contribution in [0.3, 0.4) is 0 Å². The van der Waals surface area contributed by atoms with E-state index in [1.807, 2.05) is 47.3 Å². The summed E-state index contributed by atoms with van der Waals surface area (Å²) in [6, 6.07) is 19.0. The van der Waals surface area contributed by atoms with Gasteiger partial charge >= 0.3 is 0 Å². The number of hydrogen-bond donors (Lipinski definition) is 2. The first kappa shape index (κ1) is 20.9. The van der Waals surface area contributed by atoms with Gasteiger partial charge in [0.05, 0.1) is 17.9 Å². The first-order valence-corrected chi connectivity index (χ1v) is 11.3. The van der Waals surface area contributed by atoms with Gasteiger partial charge in [-0.3, -0.25) is 9.59 Å². The van der Waals surface area contributed by atoms with Crippen LogP contribution < -0.4 is 10.9 Å². The van der Waals surface area contributed by atoms with Crippen molar-refractivity contribution in [2.24, 2.45) is 0 Å². The highest BCUT2D eigenvalue weighted by atomic mass is 16.2. The lowest BCUT2D eigenvalue weighted by Gasteiger charge is -2.24. The number of rotatable bonds is 4. The van der Waals surface area contributed by atoms with Gasteiger partial charge in [-0.15, -0.1) is 0 Å². The Morgan fingerprint density at radius 2 is 1.88 bits per heavy atom. The maximum atomic E-state index is 13.0. The summed E-state index contributed by atoms with van der Waals surface area (Å²) < 4.78 is 2.00. The monoisotopic (exact) mass is 438 g/mol. The Morgan fingerprint density at radius 3 is 2.67 bits per heavy atom. The summed E-state index contributed by atoms with van der Waals surface area (Å²) in [5.74, 6) is -0.367. The molecule has 1 aliphatic rings. The molecule has 0 aliphatic heterocycles. The summed E-state index contributed by atoms with van der Waals surface area (Å²) in [5.41, 5.74) is 6.93. The van der Waals surface area contributed by atoms with Crippen LogP contribution in [-0.4, -0.2) is 20.7 Å². The minimum Gasteiger partial charge on any atom is -0.345 e. The van der Waals surface area contributed by atoms with Gasteiger partial charge < -0.3 is 10.3 Å². The average Bonchev–Trinajstić information content (AvgIpc) is 3.26. The molecule has 1 amide bonds. The van der Waals surface area contributed by atoms with E-state index < -0.39 is 5.56 Å². The molecule has 0 saturated carbocycles. The van der Waals surface area contributed by atoms with E-state index in [2.05, 4.69) is 41.4 Å². The molecular formula is C27H26N4O2. The van der Waals surface area contributed by atoms with E-state index in [0.29, 0.717) is 5.69 Å². The maximum Gasteiger partial charge on any atom is 0.261 e. The van der Waals surface area contributed by atoms with E-state index in [1.54, 1.807) is 12.1 Å². The summed E-state index contributed by atoms with van der Waals surface area (Å²) >= 11 is 0. The molecule has 5 rings (SSSR count). The summed E-state index contributed by atoms with van der Waals surface area (Å²) in [7, 11) is 0. The molecule has 0 radical (unpaired) electrons. The quantitative estimate of drug-likeness (QED) is 0.487. The van der Waals surface area contributed by atoms with Crippen LogP contribution >= 0.6 is 0 Å². The number of carbonyl (C=O) groups excluding carboxylic acids is 1. The van der Waals surface area contributed by atoms with Gasteiger partial charge in [-0.25, -0.2) is 4.68 Å². The number of benzene rings is 2. The molecule has 0 bridgehead atoms. The molecule has 0 saturated heterocycles. The number of amides is 1. The number of aryl methyl sites for hydroxylation is 1. The van der Waals surface area contributed by atoms with Gasteiger partial charge in [-0.05, 0) is 68.0 Å². The van der Waals surface area contributed by atoms with Gasteiger partial charge in [0.15, 0.2) is 0 Å². The number of nitrogens with zero attached hydrogens (tertiary/aromatic N) is 2. The molecule has 0 spiro atoms. The molecule has 0 fully saturated rings. The SMILES string of the molecule is Cc1cccc(-n2ncc3c2CCCC3NC(=O)c2ccc(-c3ccccc3)[nH]c2=O)c1C. The third-order valence-electron chi connectivity index (χ3n) is 6.53. The topological polar surface area (TPSA) is 79.8 Å². The van der Waals surface area contributed by atoms with Crippen LogP contribution in [0.2, 0.25) is 0 Å². The van der Waals surface area contributed by atoms with Crippen molar-refractivity contribution < 1.29 is 4.79 Å². The van der Waals surface area contributed by atoms with E-state index in [-0.39, 0.29) is 17.5 Å². The van der Waals surface area contributed by atoms with Crippen molar-refractivity contribution >= 4 is 5.91 Å². The molecule has 2 aromatic heterocycles. The van der Waals surface area contributed by atoms with E-state index in [1.165, 1.54) is 11.1 Å². The van der Waals surface area contributed by atoms with Gasteiger partial charge in [0.25, 0.3) is 11.5 Å². The number of nitrogens with one attached hydrogen (secondary N) is 2. The lowest BCUT2D eigenvalue weighted by Crippen LogP contribution is -2.34. The number of hydrogen-bond acceptors (Lipinski definition) is 3. The third-order valence-corrected chi connectivity index (χ3v) is 6.53. The third kappa shape index (κ3) is 3.89. The molecule has 6 heteroatoms. The van der Waals surface area contributed by atoms with Crippen molar-refractivity contribution in [2.45, 2.75) is 39.2 Å². The van der Waals surface area contributed by atoms with Crippen molar-refractivity contribution in [3.05, 3.63) is 105 Å². The number of carbonyl (C=O) groups is 1. The molecule has 2 heterocycles. The average molecular weight is 439 g/mol. The fraction of sp³-hybridized carbons (Fsp3) is 0.222. The van der Waals surface area contributed by atoms with Gasteiger partial charge in [-0.1, -0.05) is 42.5 Å². The molecule has 6 nitrogen and oxygen atoms in total. The van der Waals surface area contributed by atoms with Gasteiger partial charge in [0, 0.05) is 17.0 Å². The lowest BCUT2D eigenvalue weighted by atomic mass is 9.92. The Balaban J connectivity index is 1.41. The number of aromatic nitrogens is 3. The van der Waals surface area contributed by atoms with Gasteiger partial charge in [-0.2, -0.15) is 5.10 Å². The molecule has 2 N–H and O–H groups in total. The Hall–Kier alpha value is -3.93. The van der Waals surface area contributed by atoms with Gasteiger partial charge in [0.2, 0.25) is 0 Å². The first-order chi connectivity index (χ1) is 16.0. The molecule has 166 valence electrons. The standard InChI is InChI=1S/C27H26N4O2/c1-17-8-6-12-24(18(17)2)31-25-13-7-11-23(21(25)16-28-31)30-27(33)20-14-15-22(29-26(20)32)19-9-4-3-5-10-19/h3-6,8-10,12,14-16,23H,7,11,13H2,1-2H3,(H,29,32)(H,30,33). The molecule has 4 aromatic rings. The highest BCUT2D eigenvalue weighted by molar-refractivity contribution is 5.94. The number of fused-ring (bicyclic) bond motifs is 1. The van der Waals surface area contributed by atoms with Crippen LogP contribution in [-0.2, 0) is 6.42 Å². The van der Waals surface area contributed by atoms with Crippen LogP contribution in [0.25, 0.3) is 16.9 Å². The molecular weight excluding hydrogens is 412 g/mol. The lowest BCUT2D eigenvalue weighted by molar-refractivity contribution is 0.0931. The Morgan fingerprint density at radius 1 is 1.06 bits per heavy atom. The fourth-order valence-electron chi connectivity index (χ4n) is 4.55. The predicted molar refractivity (Wildman–Crippen MR) is 129 cm³/mol. The fourth-order valence-corrected chi connectivity index (χ4v) is 4.55. The molecule has 1 unspecified atom stereocenters. The van der Waals surface area contributed by atoms with Crippen molar-refractivity contribution in [1.82, 2.24) is 20.1 Å².